The molecule has 1 heterocycles. The van der Waals surface area contributed by atoms with Crippen LogP contribution in [0.1, 0.15) is 24.3 Å². The highest BCUT2D eigenvalue weighted by atomic mass is 19.2. The van der Waals surface area contributed by atoms with E-state index in [1.165, 1.54) is 13.1 Å². The summed E-state index contributed by atoms with van der Waals surface area (Å²) < 4.78 is 26.4. The number of nitrogens with zero attached hydrogens (tertiary/aromatic N) is 1. The van der Waals surface area contributed by atoms with Crippen LogP contribution in [-0.4, -0.2) is 36.5 Å². The molecule has 1 fully saturated rings. The molecule has 8 heteroatoms. The summed E-state index contributed by atoms with van der Waals surface area (Å²) in [6.45, 7) is 0.0817. The van der Waals surface area contributed by atoms with E-state index in [0.29, 0.717) is 12.0 Å². The summed E-state index contributed by atoms with van der Waals surface area (Å²) in [5.41, 5.74) is 0.379. The normalized spacial score (nSPS) is 24.8. The molecule has 0 radical (unpaired) electrons. The van der Waals surface area contributed by atoms with Crippen LogP contribution in [0.25, 0.3) is 0 Å². The molecule has 1 aromatic rings. The minimum Gasteiger partial charge on any atom is -0.359 e. The van der Waals surface area contributed by atoms with Gasteiger partial charge in [0.2, 0.25) is 11.9 Å². The van der Waals surface area contributed by atoms with Crippen molar-refractivity contribution in [2.45, 2.75) is 30.8 Å². The SMILES string of the molecule is CNC(=O)CC1C[C@@H](c2ccc(F)c(F)c2)[C@H]([N+](=O)[O-])CN1. The molecule has 1 saturated heterocycles. The Hall–Kier alpha value is -2.09. The highest BCUT2D eigenvalue weighted by Gasteiger charge is 2.39. The first kappa shape index (κ1) is 16.3. The fraction of sp³-hybridized carbons (Fsp3) is 0.500. The highest BCUT2D eigenvalue weighted by Crippen LogP contribution is 2.31. The van der Waals surface area contributed by atoms with Crippen molar-refractivity contribution in [3.05, 3.63) is 45.5 Å². The minimum atomic E-state index is -1.03. The van der Waals surface area contributed by atoms with Gasteiger partial charge < -0.3 is 10.6 Å². The summed E-state index contributed by atoms with van der Waals surface area (Å²) in [4.78, 5) is 22.2. The van der Waals surface area contributed by atoms with Crippen LogP contribution < -0.4 is 10.6 Å². The van der Waals surface area contributed by atoms with E-state index in [-0.39, 0.29) is 24.9 Å². The van der Waals surface area contributed by atoms with Gasteiger partial charge in [-0.1, -0.05) is 6.07 Å². The van der Waals surface area contributed by atoms with Gasteiger partial charge >= 0.3 is 0 Å². The number of benzene rings is 1. The van der Waals surface area contributed by atoms with Gasteiger partial charge in [0.25, 0.3) is 0 Å². The highest BCUT2D eigenvalue weighted by molar-refractivity contribution is 5.76. The van der Waals surface area contributed by atoms with Crippen LogP contribution in [0.4, 0.5) is 8.78 Å². The molecule has 1 amide bonds. The van der Waals surface area contributed by atoms with Crippen molar-refractivity contribution in [1.82, 2.24) is 10.6 Å². The number of hydrogen-bond acceptors (Lipinski definition) is 4. The third-order valence-electron chi connectivity index (χ3n) is 3.97. The Bertz CT molecular complexity index is 582. The number of hydrogen-bond donors (Lipinski definition) is 2. The van der Waals surface area contributed by atoms with Crippen molar-refractivity contribution in [1.29, 1.82) is 0 Å². The van der Waals surface area contributed by atoms with Crippen LogP contribution in [0.2, 0.25) is 0 Å². The van der Waals surface area contributed by atoms with Gasteiger partial charge in [-0.15, -0.1) is 0 Å². The van der Waals surface area contributed by atoms with Gasteiger partial charge in [0.05, 0.1) is 12.5 Å². The third kappa shape index (κ3) is 3.56. The van der Waals surface area contributed by atoms with Gasteiger partial charge in [0.1, 0.15) is 0 Å². The number of carbonyl (C=O) groups excluding carboxylic acids is 1. The molecule has 2 N–H and O–H groups in total. The standard InChI is InChI=1S/C14H17F2N3O3/c1-17-14(20)6-9-5-10(13(7-18-9)19(21)22)8-2-3-11(15)12(16)4-8/h2-4,9-10,13,18H,5-7H2,1H3,(H,17,20)/t9?,10-,13+/m0/s1. The van der Waals surface area contributed by atoms with Crippen LogP contribution in [0, 0.1) is 21.7 Å². The molecule has 6 nitrogen and oxygen atoms in total. The van der Waals surface area contributed by atoms with Crippen molar-refractivity contribution in [2.24, 2.45) is 0 Å². The molecule has 3 atom stereocenters. The van der Waals surface area contributed by atoms with Crippen molar-refractivity contribution >= 4 is 5.91 Å². The monoisotopic (exact) mass is 313 g/mol. The number of carbonyl (C=O) groups is 1. The molecule has 1 unspecified atom stereocenters. The first-order valence-corrected chi connectivity index (χ1v) is 6.94. The maximum absolute atomic E-state index is 13.4. The van der Waals surface area contributed by atoms with Gasteiger partial charge in [-0.3, -0.25) is 14.9 Å². The maximum Gasteiger partial charge on any atom is 0.232 e. The summed E-state index contributed by atoms with van der Waals surface area (Å²) in [6.07, 6.45) is 0.491. The zero-order valence-electron chi connectivity index (χ0n) is 12.0. The van der Waals surface area contributed by atoms with Crippen molar-refractivity contribution in [2.75, 3.05) is 13.6 Å². The number of amides is 1. The molecule has 1 aliphatic rings. The molecule has 120 valence electrons. The molecule has 22 heavy (non-hydrogen) atoms. The number of piperidine rings is 1. The Labute approximate surface area is 126 Å². The Morgan fingerprint density at radius 1 is 1.45 bits per heavy atom. The van der Waals surface area contributed by atoms with E-state index in [1.807, 2.05) is 0 Å². The summed E-state index contributed by atoms with van der Waals surface area (Å²) >= 11 is 0. The Balaban J connectivity index is 2.23. The minimum absolute atomic E-state index is 0.0817. The fourth-order valence-electron chi connectivity index (χ4n) is 2.78. The molecular weight excluding hydrogens is 296 g/mol. The van der Waals surface area contributed by atoms with E-state index < -0.39 is 28.5 Å². The number of halogens is 2. The predicted molar refractivity (Wildman–Crippen MR) is 75.0 cm³/mol. The summed E-state index contributed by atoms with van der Waals surface area (Å²) in [6, 6.07) is 2.15. The molecule has 0 saturated carbocycles. The second kappa shape index (κ2) is 6.78. The molecule has 2 rings (SSSR count). The van der Waals surface area contributed by atoms with Crippen molar-refractivity contribution in [3.8, 4) is 0 Å². The third-order valence-corrected chi connectivity index (χ3v) is 3.97. The van der Waals surface area contributed by atoms with Crippen LogP contribution in [0.15, 0.2) is 18.2 Å². The van der Waals surface area contributed by atoms with Gasteiger partial charge in [-0.25, -0.2) is 8.78 Å². The number of nitrogens with one attached hydrogen (secondary N) is 2. The molecule has 1 aromatic carbocycles. The first-order valence-electron chi connectivity index (χ1n) is 6.94. The average Bonchev–Trinajstić information content (AvgIpc) is 2.49. The van der Waals surface area contributed by atoms with Crippen molar-refractivity contribution in [3.63, 3.8) is 0 Å². The lowest BCUT2D eigenvalue weighted by atomic mass is 9.82. The van der Waals surface area contributed by atoms with Gasteiger partial charge in [0, 0.05) is 24.4 Å². The van der Waals surface area contributed by atoms with E-state index in [2.05, 4.69) is 10.6 Å². The largest absolute Gasteiger partial charge is 0.359 e. The maximum atomic E-state index is 13.4. The van der Waals surface area contributed by atoms with Gasteiger partial charge in [0.15, 0.2) is 11.6 Å². The average molecular weight is 313 g/mol. The fourth-order valence-corrected chi connectivity index (χ4v) is 2.78. The second-order valence-electron chi connectivity index (χ2n) is 5.35. The van der Waals surface area contributed by atoms with E-state index in [4.69, 9.17) is 0 Å². The zero-order valence-corrected chi connectivity index (χ0v) is 12.0. The molecule has 0 spiro atoms. The van der Waals surface area contributed by atoms with Crippen LogP contribution in [0.5, 0.6) is 0 Å². The Morgan fingerprint density at radius 3 is 2.77 bits per heavy atom. The van der Waals surface area contributed by atoms with E-state index in [9.17, 15) is 23.7 Å². The van der Waals surface area contributed by atoms with E-state index in [0.717, 1.165) is 12.1 Å². The lowest BCUT2D eigenvalue weighted by Crippen LogP contribution is -2.50. The molecule has 0 aliphatic carbocycles. The summed E-state index contributed by atoms with van der Waals surface area (Å²) in [5, 5.41) is 16.7. The first-order chi connectivity index (χ1) is 10.4. The van der Waals surface area contributed by atoms with Crippen molar-refractivity contribution < 1.29 is 18.5 Å². The van der Waals surface area contributed by atoms with Crippen LogP contribution in [0.3, 0.4) is 0 Å². The molecule has 0 bridgehead atoms. The molecular formula is C14H17F2N3O3. The quantitative estimate of drug-likeness (QED) is 0.646. The predicted octanol–water partition coefficient (Wildman–Crippen LogP) is 1.19. The smallest absolute Gasteiger partial charge is 0.232 e. The Kier molecular flexibility index (Phi) is 5.02. The van der Waals surface area contributed by atoms with Crippen LogP contribution in [-0.2, 0) is 4.79 Å². The van der Waals surface area contributed by atoms with E-state index >= 15 is 0 Å². The summed E-state index contributed by atoms with van der Waals surface area (Å²) in [5.74, 6) is -2.76. The lowest BCUT2D eigenvalue weighted by molar-refractivity contribution is -0.527. The zero-order chi connectivity index (χ0) is 16.3. The van der Waals surface area contributed by atoms with Gasteiger partial charge in [-0.2, -0.15) is 0 Å². The second-order valence-corrected chi connectivity index (χ2v) is 5.35. The van der Waals surface area contributed by atoms with Crippen LogP contribution >= 0.6 is 0 Å². The lowest BCUT2D eigenvalue weighted by Gasteiger charge is -2.32. The molecule has 1 aliphatic heterocycles. The van der Waals surface area contributed by atoms with E-state index in [1.54, 1.807) is 0 Å². The topological polar surface area (TPSA) is 84.3 Å². The number of nitro groups is 1. The summed E-state index contributed by atoms with van der Waals surface area (Å²) in [7, 11) is 1.51. The number of rotatable bonds is 4. The Morgan fingerprint density at radius 2 is 2.18 bits per heavy atom. The van der Waals surface area contributed by atoms with Gasteiger partial charge in [-0.05, 0) is 24.1 Å². The molecule has 0 aromatic heterocycles.